The molecule has 0 spiro atoms. The van der Waals surface area contributed by atoms with Crippen molar-refractivity contribution in [2.75, 3.05) is 37.6 Å². The van der Waals surface area contributed by atoms with Crippen LogP contribution in [0, 0.1) is 17.1 Å². The van der Waals surface area contributed by atoms with Gasteiger partial charge in [0, 0.05) is 55.8 Å². The number of amides is 1. The SMILES string of the molecule is CC(C)NCC=CC(=O)N1CCN(c2c(C#N)c(=O)n(-c3c(C(C)C)ncnc3C(C)C)c3nc(-c4ccccc4F)c(Cl)cc23)CC1. The molecule has 0 bridgehead atoms. The van der Waals surface area contributed by atoms with Crippen molar-refractivity contribution in [2.45, 2.75) is 59.4 Å². The van der Waals surface area contributed by atoms with Crippen LogP contribution in [0.25, 0.3) is 28.0 Å². The summed E-state index contributed by atoms with van der Waals surface area (Å²) in [6.45, 7) is 14.0. The van der Waals surface area contributed by atoms with Crippen molar-refractivity contribution in [1.29, 1.82) is 5.26 Å². The summed E-state index contributed by atoms with van der Waals surface area (Å²) in [7, 11) is 0. The van der Waals surface area contributed by atoms with Gasteiger partial charge in [-0.3, -0.25) is 14.2 Å². The number of nitrogens with zero attached hydrogens (tertiary/aromatic N) is 7. The maximum Gasteiger partial charge on any atom is 0.276 e. The molecule has 1 aliphatic rings. The summed E-state index contributed by atoms with van der Waals surface area (Å²) in [6, 6.07) is 10.3. The minimum absolute atomic E-state index is 0.0910. The van der Waals surface area contributed by atoms with Crippen LogP contribution in [0.2, 0.25) is 5.02 Å². The molecule has 250 valence electrons. The zero-order valence-electron chi connectivity index (χ0n) is 28.1. The largest absolute Gasteiger partial charge is 0.366 e. The van der Waals surface area contributed by atoms with E-state index in [-0.39, 0.29) is 45.2 Å². The molecule has 1 saturated heterocycles. The van der Waals surface area contributed by atoms with Crippen molar-refractivity contribution in [3.8, 4) is 23.0 Å². The molecule has 5 rings (SSSR count). The van der Waals surface area contributed by atoms with Gasteiger partial charge in [-0.15, -0.1) is 0 Å². The Morgan fingerprint density at radius 1 is 1.04 bits per heavy atom. The fraction of sp³-hybridized carbons (Fsp3) is 0.389. The lowest BCUT2D eigenvalue weighted by atomic mass is 10.00. The first-order valence-corrected chi connectivity index (χ1v) is 16.6. The third kappa shape index (κ3) is 6.82. The van der Waals surface area contributed by atoms with E-state index in [4.69, 9.17) is 16.6 Å². The molecule has 1 aliphatic heterocycles. The minimum Gasteiger partial charge on any atom is -0.366 e. The molecule has 12 heteroatoms. The second-order valence-electron chi connectivity index (χ2n) is 12.7. The number of hydrogen-bond acceptors (Lipinski definition) is 8. The Hall–Kier alpha value is -4.66. The first kappa shape index (κ1) is 34.7. The van der Waals surface area contributed by atoms with Gasteiger partial charge < -0.3 is 15.1 Å². The van der Waals surface area contributed by atoms with Crippen LogP contribution in [0.5, 0.6) is 0 Å². The molecule has 3 aromatic heterocycles. The number of hydrogen-bond donors (Lipinski definition) is 1. The Morgan fingerprint density at radius 2 is 1.69 bits per heavy atom. The van der Waals surface area contributed by atoms with Gasteiger partial charge in [0.15, 0.2) is 0 Å². The van der Waals surface area contributed by atoms with Crippen molar-refractivity contribution in [2.24, 2.45) is 0 Å². The molecule has 1 amide bonds. The summed E-state index contributed by atoms with van der Waals surface area (Å²) in [6.07, 6.45) is 4.85. The number of nitriles is 1. The number of anilines is 1. The normalized spacial score (nSPS) is 13.8. The maximum absolute atomic E-state index is 15.1. The topological polar surface area (TPSA) is 120 Å². The monoisotopic (exact) mass is 670 g/mol. The van der Waals surface area contributed by atoms with Gasteiger partial charge in [0.2, 0.25) is 5.91 Å². The van der Waals surface area contributed by atoms with E-state index in [1.807, 2.05) is 46.4 Å². The van der Waals surface area contributed by atoms with Gasteiger partial charge in [-0.05, 0) is 30.0 Å². The average Bonchev–Trinajstić information content (AvgIpc) is 3.06. The summed E-state index contributed by atoms with van der Waals surface area (Å²) in [4.78, 5) is 45.2. The van der Waals surface area contributed by atoms with Crippen molar-refractivity contribution in [3.63, 3.8) is 0 Å². The highest BCUT2D eigenvalue weighted by Crippen LogP contribution is 2.38. The third-order valence-corrected chi connectivity index (χ3v) is 8.61. The smallest absolute Gasteiger partial charge is 0.276 e. The summed E-state index contributed by atoms with van der Waals surface area (Å²) >= 11 is 6.85. The fourth-order valence-electron chi connectivity index (χ4n) is 5.95. The van der Waals surface area contributed by atoms with Crippen LogP contribution in [-0.2, 0) is 4.79 Å². The van der Waals surface area contributed by atoms with E-state index in [0.717, 1.165) is 0 Å². The standard InChI is InChI=1S/C36H40ClFN8O2/c1-21(2)30-34(31(22(3)4)42-20-41-30)46-35-25(18-27(37)32(43-35)24-10-7-8-11-28(24)38)33(26(19-39)36(46)48)45-16-14-44(15-17-45)29(47)12-9-13-40-23(5)6/h7-12,18,20-23,40H,13-17H2,1-6H3. The van der Waals surface area contributed by atoms with Crippen LogP contribution in [-0.4, -0.2) is 69.1 Å². The molecule has 48 heavy (non-hydrogen) atoms. The second kappa shape index (κ2) is 14.6. The average molecular weight is 671 g/mol. The molecule has 0 atom stereocenters. The lowest BCUT2D eigenvalue weighted by Gasteiger charge is -2.36. The predicted octanol–water partition coefficient (Wildman–Crippen LogP) is 5.96. The highest BCUT2D eigenvalue weighted by Gasteiger charge is 2.30. The minimum atomic E-state index is -0.591. The van der Waals surface area contributed by atoms with E-state index in [0.29, 0.717) is 66.9 Å². The first-order chi connectivity index (χ1) is 22.9. The lowest BCUT2D eigenvalue weighted by molar-refractivity contribution is -0.126. The van der Waals surface area contributed by atoms with Crippen LogP contribution in [0.3, 0.4) is 0 Å². The molecule has 0 saturated carbocycles. The molecule has 1 N–H and O–H groups in total. The Labute approximate surface area is 284 Å². The number of fused-ring (bicyclic) bond motifs is 1. The molecule has 1 fully saturated rings. The van der Waals surface area contributed by atoms with Crippen LogP contribution >= 0.6 is 11.6 Å². The summed E-state index contributed by atoms with van der Waals surface area (Å²) in [5.74, 6) is -0.831. The molecule has 0 unspecified atom stereocenters. The number of nitrogens with one attached hydrogen (secondary N) is 1. The zero-order valence-corrected chi connectivity index (χ0v) is 28.8. The number of pyridine rings is 2. The van der Waals surface area contributed by atoms with Gasteiger partial charge in [0.25, 0.3) is 5.56 Å². The van der Waals surface area contributed by atoms with Crippen molar-refractivity contribution in [3.05, 3.63) is 87.0 Å². The molecule has 10 nitrogen and oxygen atoms in total. The van der Waals surface area contributed by atoms with Gasteiger partial charge in [0.05, 0.1) is 33.5 Å². The number of carbonyl (C=O) groups excluding carboxylic acids is 1. The van der Waals surface area contributed by atoms with Gasteiger partial charge in [-0.25, -0.2) is 19.3 Å². The Morgan fingerprint density at radius 3 is 2.27 bits per heavy atom. The fourth-order valence-corrected chi connectivity index (χ4v) is 6.20. The van der Waals surface area contributed by atoms with Crippen LogP contribution in [0.4, 0.5) is 10.1 Å². The van der Waals surface area contributed by atoms with Crippen LogP contribution in [0.15, 0.2) is 53.6 Å². The molecule has 0 aliphatic carbocycles. The second-order valence-corrected chi connectivity index (χ2v) is 13.1. The van der Waals surface area contributed by atoms with Crippen molar-refractivity contribution >= 4 is 34.2 Å². The molecular formula is C36H40ClFN8O2. The number of halogens is 2. The van der Waals surface area contributed by atoms with Crippen molar-refractivity contribution in [1.82, 2.24) is 29.7 Å². The van der Waals surface area contributed by atoms with E-state index in [1.165, 1.54) is 17.0 Å². The molecule has 1 aromatic carbocycles. The lowest BCUT2D eigenvalue weighted by Crippen LogP contribution is -2.49. The summed E-state index contributed by atoms with van der Waals surface area (Å²) < 4.78 is 16.5. The van der Waals surface area contributed by atoms with Gasteiger partial charge >= 0.3 is 0 Å². The number of benzene rings is 1. The third-order valence-electron chi connectivity index (χ3n) is 8.33. The van der Waals surface area contributed by atoms with E-state index >= 15 is 4.39 Å². The molecular weight excluding hydrogens is 631 g/mol. The quantitative estimate of drug-likeness (QED) is 0.217. The molecule has 4 aromatic rings. The Balaban J connectivity index is 1.72. The highest BCUT2D eigenvalue weighted by molar-refractivity contribution is 6.34. The number of aromatic nitrogens is 4. The molecule has 0 radical (unpaired) electrons. The van der Waals surface area contributed by atoms with E-state index < -0.39 is 11.4 Å². The maximum atomic E-state index is 15.1. The first-order valence-electron chi connectivity index (χ1n) is 16.2. The van der Waals surface area contributed by atoms with Crippen LogP contribution < -0.4 is 15.8 Å². The van der Waals surface area contributed by atoms with Gasteiger partial charge in [-0.2, -0.15) is 5.26 Å². The highest BCUT2D eigenvalue weighted by atomic mass is 35.5. The summed E-state index contributed by atoms with van der Waals surface area (Å²) in [5, 5.41) is 14.4. The number of piperazine rings is 1. The summed E-state index contributed by atoms with van der Waals surface area (Å²) in [5.41, 5.74) is 1.91. The van der Waals surface area contributed by atoms with E-state index in [1.54, 1.807) is 41.3 Å². The van der Waals surface area contributed by atoms with E-state index in [2.05, 4.69) is 21.4 Å². The Bertz CT molecular complexity index is 1950. The number of carbonyl (C=O) groups is 1. The Kier molecular flexibility index (Phi) is 10.6. The number of rotatable bonds is 9. The van der Waals surface area contributed by atoms with Crippen molar-refractivity contribution < 1.29 is 9.18 Å². The van der Waals surface area contributed by atoms with Gasteiger partial charge in [-0.1, -0.05) is 71.4 Å². The molecule has 4 heterocycles. The zero-order chi connectivity index (χ0) is 34.7. The van der Waals surface area contributed by atoms with Crippen LogP contribution in [0.1, 0.15) is 70.3 Å². The van der Waals surface area contributed by atoms with Gasteiger partial charge in [0.1, 0.15) is 29.4 Å². The predicted molar refractivity (Wildman–Crippen MR) is 187 cm³/mol. The van der Waals surface area contributed by atoms with E-state index in [9.17, 15) is 14.9 Å².